The summed E-state index contributed by atoms with van der Waals surface area (Å²) < 4.78 is 0. The number of halogens is 1. The van der Waals surface area contributed by atoms with Crippen LogP contribution in [-0.2, 0) is 0 Å². The number of aromatic nitrogens is 2. The molecule has 0 aliphatic rings. The summed E-state index contributed by atoms with van der Waals surface area (Å²) in [5.74, 6) is 1.01. The molecule has 3 N–H and O–H groups in total. The summed E-state index contributed by atoms with van der Waals surface area (Å²) in [6.45, 7) is 6.11. The van der Waals surface area contributed by atoms with Crippen LogP contribution in [0.3, 0.4) is 0 Å². The van der Waals surface area contributed by atoms with Crippen molar-refractivity contribution in [2.75, 3.05) is 11.1 Å². The van der Waals surface area contributed by atoms with Gasteiger partial charge in [-0.1, -0.05) is 26.0 Å². The summed E-state index contributed by atoms with van der Waals surface area (Å²) in [5.41, 5.74) is 9.32. The van der Waals surface area contributed by atoms with E-state index in [2.05, 4.69) is 41.3 Å². The molecule has 100 valence electrons. The lowest BCUT2D eigenvalue weighted by molar-refractivity contribution is 0.867. The van der Waals surface area contributed by atoms with E-state index in [0.717, 1.165) is 5.69 Å². The standard InChI is InChI=1S/C14H17ClN4/c1-8(2)10-5-4-6-11(7-10)18-13-12(16)9(3)17-14(15)19-13/h4-8H,16H2,1-3H3,(H,17,18,19). The second-order valence-electron chi connectivity index (χ2n) is 4.75. The highest BCUT2D eigenvalue weighted by Crippen LogP contribution is 2.26. The summed E-state index contributed by atoms with van der Waals surface area (Å²) in [7, 11) is 0. The molecule has 0 bridgehead atoms. The molecule has 0 atom stereocenters. The number of hydrogen-bond acceptors (Lipinski definition) is 4. The van der Waals surface area contributed by atoms with Gasteiger partial charge in [-0.15, -0.1) is 0 Å². The maximum Gasteiger partial charge on any atom is 0.224 e. The highest BCUT2D eigenvalue weighted by atomic mass is 35.5. The second kappa shape index (κ2) is 5.45. The monoisotopic (exact) mass is 276 g/mol. The lowest BCUT2D eigenvalue weighted by Crippen LogP contribution is -2.04. The SMILES string of the molecule is Cc1nc(Cl)nc(Nc2cccc(C(C)C)c2)c1N. The van der Waals surface area contributed by atoms with Crippen LogP contribution in [0, 0.1) is 6.92 Å². The average molecular weight is 277 g/mol. The Bertz CT molecular complexity index is 596. The molecule has 0 aliphatic heterocycles. The number of anilines is 3. The van der Waals surface area contributed by atoms with Gasteiger partial charge in [0.05, 0.1) is 11.4 Å². The lowest BCUT2D eigenvalue weighted by atomic mass is 10.0. The molecule has 0 unspecified atom stereocenters. The molecule has 0 amide bonds. The van der Waals surface area contributed by atoms with Crippen molar-refractivity contribution >= 4 is 28.8 Å². The first-order valence-electron chi connectivity index (χ1n) is 6.14. The summed E-state index contributed by atoms with van der Waals surface area (Å²) >= 11 is 5.85. The van der Waals surface area contributed by atoms with Crippen molar-refractivity contribution in [2.24, 2.45) is 0 Å². The molecule has 0 saturated carbocycles. The predicted molar refractivity (Wildman–Crippen MR) is 80.0 cm³/mol. The van der Waals surface area contributed by atoms with Gasteiger partial charge in [0, 0.05) is 5.69 Å². The topological polar surface area (TPSA) is 63.8 Å². The lowest BCUT2D eigenvalue weighted by Gasteiger charge is -2.12. The van der Waals surface area contributed by atoms with Gasteiger partial charge >= 0.3 is 0 Å². The zero-order valence-electron chi connectivity index (χ0n) is 11.2. The van der Waals surface area contributed by atoms with E-state index in [1.807, 2.05) is 12.1 Å². The number of benzene rings is 1. The van der Waals surface area contributed by atoms with Crippen molar-refractivity contribution in [3.05, 3.63) is 40.8 Å². The van der Waals surface area contributed by atoms with E-state index < -0.39 is 0 Å². The third-order valence-corrected chi connectivity index (χ3v) is 3.09. The number of hydrogen-bond donors (Lipinski definition) is 2. The molecule has 1 aromatic heterocycles. The van der Waals surface area contributed by atoms with Crippen LogP contribution in [0.15, 0.2) is 24.3 Å². The van der Waals surface area contributed by atoms with E-state index >= 15 is 0 Å². The van der Waals surface area contributed by atoms with Crippen LogP contribution in [0.25, 0.3) is 0 Å². The van der Waals surface area contributed by atoms with Gasteiger partial charge in [0.1, 0.15) is 0 Å². The Kier molecular flexibility index (Phi) is 3.90. The molecule has 19 heavy (non-hydrogen) atoms. The minimum absolute atomic E-state index is 0.189. The molecule has 0 aliphatic carbocycles. The Labute approximate surface area is 118 Å². The van der Waals surface area contributed by atoms with E-state index in [1.165, 1.54) is 5.56 Å². The quantitative estimate of drug-likeness (QED) is 0.835. The normalized spacial score (nSPS) is 10.8. The van der Waals surface area contributed by atoms with Crippen LogP contribution in [0.1, 0.15) is 31.0 Å². The average Bonchev–Trinajstić information content (AvgIpc) is 2.35. The summed E-state index contributed by atoms with van der Waals surface area (Å²) in [6, 6.07) is 8.15. The largest absolute Gasteiger partial charge is 0.394 e. The fraction of sp³-hybridized carbons (Fsp3) is 0.286. The van der Waals surface area contributed by atoms with Crippen LogP contribution in [0.2, 0.25) is 5.28 Å². The molecule has 4 nitrogen and oxygen atoms in total. The zero-order chi connectivity index (χ0) is 14.0. The molecular formula is C14H17ClN4. The molecule has 0 radical (unpaired) electrons. The number of nitrogens with two attached hydrogens (primary N) is 1. The highest BCUT2D eigenvalue weighted by molar-refractivity contribution is 6.28. The molecule has 1 heterocycles. The smallest absolute Gasteiger partial charge is 0.224 e. The Balaban J connectivity index is 2.33. The summed E-state index contributed by atoms with van der Waals surface area (Å²) in [5, 5.41) is 3.38. The van der Waals surface area contributed by atoms with E-state index in [0.29, 0.717) is 23.1 Å². The minimum atomic E-state index is 0.189. The fourth-order valence-electron chi connectivity index (χ4n) is 1.75. The maximum atomic E-state index is 5.95. The Morgan fingerprint density at radius 1 is 1.26 bits per heavy atom. The maximum absolute atomic E-state index is 5.95. The number of rotatable bonds is 3. The Hall–Kier alpha value is -1.81. The van der Waals surface area contributed by atoms with Gasteiger partial charge in [0.25, 0.3) is 0 Å². The van der Waals surface area contributed by atoms with Crippen LogP contribution >= 0.6 is 11.6 Å². The van der Waals surface area contributed by atoms with Crippen LogP contribution < -0.4 is 11.1 Å². The van der Waals surface area contributed by atoms with E-state index in [4.69, 9.17) is 17.3 Å². The molecule has 0 saturated heterocycles. The minimum Gasteiger partial charge on any atom is -0.394 e. The van der Waals surface area contributed by atoms with Crippen molar-refractivity contribution in [3.63, 3.8) is 0 Å². The first-order valence-corrected chi connectivity index (χ1v) is 6.51. The Morgan fingerprint density at radius 3 is 2.68 bits per heavy atom. The summed E-state index contributed by atoms with van der Waals surface area (Å²) in [4.78, 5) is 8.13. The van der Waals surface area contributed by atoms with Gasteiger partial charge in [-0.2, -0.15) is 4.98 Å². The predicted octanol–water partition coefficient (Wildman–Crippen LogP) is 3.89. The van der Waals surface area contributed by atoms with Gasteiger partial charge in [0.15, 0.2) is 5.82 Å². The van der Waals surface area contributed by atoms with Crippen molar-refractivity contribution in [3.8, 4) is 0 Å². The van der Waals surface area contributed by atoms with Gasteiger partial charge < -0.3 is 11.1 Å². The van der Waals surface area contributed by atoms with Crippen molar-refractivity contribution in [1.29, 1.82) is 0 Å². The van der Waals surface area contributed by atoms with Crippen molar-refractivity contribution < 1.29 is 0 Å². The number of nitrogens with zero attached hydrogens (tertiary/aromatic N) is 2. The number of nitrogens with one attached hydrogen (secondary N) is 1. The third kappa shape index (κ3) is 3.15. The van der Waals surface area contributed by atoms with Gasteiger partial charge in [-0.3, -0.25) is 0 Å². The molecule has 1 aromatic carbocycles. The fourth-order valence-corrected chi connectivity index (χ4v) is 1.97. The number of nitrogen functional groups attached to an aromatic ring is 1. The Morgan fingerprint density at radius 2 is 2.00 bits per heavy atom. The first kappa shape index (κ1) is 13.6. The third-order valence-electron chi connectivity index (χ3n) is 2.92. The van der Waals surface area contributed by atoms with Gasteiger partial charge in [-0.25, -0.2) is 4.98 Å². The molecular weight excluding hydrogens is 260 g/mol. The van der Waals surface area contributed by atoms with Crippen molar-refractivity contribution in [1.82, 2.24) is 9.97 Å². The van der Waals surface area contributed by atoms with Crippen LogP contribution in [-0.4, -0.2) is 9.97 Å². The number of aryl methyl sites for hydroxylation is 1. The van der Waals surface area contributed by atoms with Gasteiger partial charge in [0.2, 0.25) is 5.28 Å². The first-order chi connectivity index (χ1) is 8.97. The van der Waals surface area contributed by atoms with E-state index in [1.54, 1.807) is 6.92 Å². The second-order valence-corrected chi connectivity index (χ2v) is 5.08. The molecule has 2 aromatic rings. The molecule has 2 rings (SSSR count). The zero-order valence-corrected chi connectivity index (χ0v) is 12.0. The highest BCUT2D eigenvalue weighted by Gasteiger charge is 2.08. The van der Waals surface area contributed by atoms with Crippen LogP contribution in [0.4, 0.5) is 17.2 Å². The molecule has 0 fully saturated rings. The summed E-state index contributed by atoms with van der Waals surface area (Å²) in [6.07, 6.45) is 0. The van der Waals surface area contributed by atoms with Crippen LogP contribution in [0.5, 0.6) is 0 Å². The van der Waals surface area contributed by atoms with E-state index in [-0.39, 0.29) is 5.28 Å². The molecule has 0 spiro atoms. The van der Waals surface area contributed by atoms with E-state index in [9.17, 15) is 0 Å². The van der Waals surface area contributed by atoms with Gasteiger partial charge in [-0.05, 0) is 42.1 Å². The van der Waals surface area contributed by atoms with Crippen molar-refractivity contribution in [2.45, 2.75) is 26.7 Å². The molecule has 5 heteroatoms.